The van der Waals surface area contributed by atoms with Gasteiger partial charge in [0.2, 0.25) is 10.0 Å². The van der Waals surface area contributed by atoms with Gasteiger partial charge >= 0.3 is 0 Å². The van der Waals surface area contributed by atoms with Crippen LogP contribution in [0.5, 0.6) is 11.5 Å². The standard InChI is InChI=1S/C18H20N2O5S/c1-20(2)26(22,23)15-7-5-6-13(10-15)18(21)19-11-14-12-24-16-8-3-4-9-17(16)25-14/h3-10,14H,11-12H2,1-2H3,(H,19,21)/t14-/m1/s1. The molecule has 7 nitrogen and oxygen atoms in total. The third-order valence-corrected chi connectivity index (χ3v) is 5.74. The van der Waals surface area contributed by atoms with Crippen LogP contribution in [-0.2, 0) is 10.0 Å². The van der Waals surface area contributed by atoms with E-state index in [4.69, 9.17) is 9.47 Å². The van der Waals surface area contributed by atoms with Crippen molar-refractivity contribution in [3.8, 4) is 11.5 Å². The second-order valence-corrected chi connectivity index (χ2v) is 8.17. The second kappa shape index (κ2) is 7.35. The summed E-state index contributed by atoms with van der Waals surface area (Å²) in [6, 6.07) is 13.3. The molecule has 26 heavy (non-hydrogen) atoms. The van der Waals surface area contributed by atoms with Crippen molar-refractivity contribution < 1.29 is 22.7 Å². The van der Waals surface area contributed by atoms with Gasteiger partial charge in [-0.15, -0.1) is 0 Å². The van der Waals surface area contributed by atoms with Gasteiger partial charge in [-0.3, -0.25) is 4.79 Å². The van der Waals surface area contributed by atoms with E-state index in [2.05, 4.69) is 5.32 Å². The monoisotopic (exact) mass is 376 g/mol. The lowest BCUT2D eigenvalue weighted by Crippen LogP contribution is -2.40. The number of nitrogens with one attached hydrogen (secondary N) is 1. The average Bonchev–Trinajstić information content (AvgIpc) is 2.66. The van der Waals surface area contributed by atoms with Crippen LogP contribution < -0.4 is 14.8 Å². The van der Waals surface area contributed by atoms with Crippen molar-refractivity contribution in [3.63, 3.8) is 0 Å². The fourth-order valence-corrected chi connectivity index (χ4v) is 3.43. The zero-order chi connectivity index (χ0) is 18.7. The van der Waals surface area contributed by atoms with Gasteiger partial charge in [0.25, 0.3) is 5.91 Å². The summed E-state index contributed by atoms with van der Waals surface area (Å²) in [6.45, 7) is 0.574. The molecule has 0 unspecified atom stereocenters. The normalized spacial score (nSPS) is 16.3. The smallest absolute Gasteiger partial charge is 0.251 e. The summed E-state index contributed by atoms with van der Waals surface area (Å²) in [4.78, 5) is 12.4. The first-order valence-electron chi connectivity index (χ1n) is 8.07. The van der Waals surface area contributed by atoms with Gasteiger partial charge in [-0.25, -0.2) is 12.7 Å². The van der Waals surface area contributed by atoms with Crippen LogP contribution >= 0.6 is 0 Å². The van der Waals surface area contributed by atoms with Gasteiger partial charge in [0.05, 0.1) is 11.4 Å². The summed E-state index contributed by atoms with van der Waals surface area (Å²) in [5.74, 6) is 0.942. The number of fused-ring (bicyclic) bond motifs is 1. The number of hydrogen-bond donors (Lipinski definition) is 1. The van der Waals surface area contributed by atoms with Crippen LogP contribution in [0.1, 0.15) is 10.4 Å². The minimum atomic E-state index is -3.59. The topological polar surface area (TPSA) is 84.9 Å². The van der Waals surface area contributed by atoms with Crippen molar-refractivity contribution in [2.24, 2.45) is 0 Å². The van der Waals surface area contributed by atoms with Gasteiger partial charge in [0.1, 0.15) is 12.7 Å². The number of carbonyl (C=O) groups excluding carboxylic acids is 1. The Morgan fingerprint density at radius 3 is 2.62 bits per heavy atom. The van der Waals surface area contributed by atoms with Crippen molar-refractivity contribution in [2.45, 2.75) is 11.0 Å². The predicted octanol–water partition coefficient (Wildman–Crippen LogP) is 1.51. The lowest BCUT2D eigenvalue weighted by molar-refractivity contribution is 0.0789. The van der Waals surface area contributed by atoms with E-state index in [-0.39, 0.29) is 29.0 Å². The first-order chi connectivity index (χ1) is 12.4. The van der Waals surface area contributed by atoms with E-state index in [0.717, 1.165) is 4.31 Å². The molecule has 0 radical (unpaired) electrons. The molecule has 0 aromatic heterocycles. The molecule has 1 atom stereocenters. The molecule has 1 aliphatic rings. The molecule has 0 spiro atoms. The molecule has 0 saturated carbocycles. The number of rotatable bonds is 5. The zero-order valence-electron chi connectivity index (χ0n) is 14.5. The maximum absolute atomic E-state index is 12.4. The molecule has 1 heterocycles. The molecule has 138 valence electrons. The first-order valence-corrected chi connectivity index (χ1v) is 9.51. The highest BCUT2D eigenvalue weighted by Crippen LogP contribution is 2.30. The Labute approximate surface area is 152 Å². The van der Waals surface area contributed by atoms with Gasteiger partial charge in [0.15, 0.2) is 11.5 Å². The van der Waals surface area contributed by atoms with Crippen molar-refractivity contribution in [2.75, 3.05) is 27.2 Å². The van der Waals surface area contributed by atoms with Gasteiger partial charge < -0.3 is 14.8 Å². The maximum atomic E-state index is 12.4. The van der Waals surface area contributed by atoms with Gasteiger partial charge in [0, 0.05) is 19.7 Å². The highest BCUT2D eigenvalue weighted by atomic mass is 32.2. The van der Waals surface area contributed by atoms with Crippen molar-refractivity contribution in [1.82, 2.24) is 9.62 Å². The molecule has 2 aromatic rings. The van der Waals surface area contributed by atoms with Crippen molar-refractivity contribution >= 4 is 15.9 Å². The summed E-state index contributed by atoms with van der Waals surface area (Å²) >= 11 is 0. The zero-order valence-corrected chi connectivity index (χ0v) is 15.3. The third kappa shape index (κ3) is 3.81. The summed E-state index contributed by atoms with van der Waals surface area (Å²) in [5, 5.41) is 2.76. The van der Waals surface area contributed by atoms with Gasteiger partial charge in [-0.05, 0) is 30.3 Å². The van der Waals surface area contributed by atoms with Crippen molar-refractivity contribution in [3.05, 3.63) is 54.1 Å². The van der Waals surface area contributed by atoms with E-state index >= 15 is 0 Å². The lowest BCUT2D eigenvalue weighted by Gasteiger charge is -2.26. The Morgan fingerprint density at radius 1 is 1.15 bits per heavy atom. The summed E-state index contributed by atoms with van der Waals surface area (Å²) in [5.41, 5.74) is 0.269. The quantitative estimate of drug-likeness (QED) is 0.855. The van der Waals surface area contributed by atoms with E-state index in [9.17, 15) is 13.2 Å². The molecule has 0 bridgehead atoms. The number of ether oxygens (including phenoxy) is 2. The van der Waals surface area contributed by atoms with Crippen LogP contribution in [0, 0.1) is 0 Å². The van der Waals surface area contributed by atoms with Crippen LogP contribution in [0.3, 0.4) is 0 Å². The molecule has 3 rings (SSSR count). The first kappa shape index (κ1) is 18.2. The fraction of sp³-hybridized carbons (Fsp3) is 0.278. The van der Waals surface area contributed by atoms with E-state index in [1.54, 1.807) is 18.2 Å². The number of amides is 1. The van der Waals surface area contributed by atoms with E-state index < -0.39 is 10.0 Å². The predicted molar refractivity (Wildman–Crippen MR) is 96.0 cm³/mol. The average molecular weight is 376 g/mol. The number of hydrogen-bond acceptors (Lipinski definition) is 5. The minimum Gasteiger partial charge on any atom is -0.486 e. The lowest BCUT2D eigenvalue weighted by atomic mass is 10.2. The Balaban J connectivity index is 1.65. The molecular weight excluding hydrogens is 356 g/mol. The highest BCUT2D eigenvalue weighted by Gasteiger charge is 2.22. The van der Waals surface area contributed by atoms with Crippen LogP contribution in [-0.4, -0.2) is 52.0 Å². The van der Waals surface area contributed by atoms with Crippen molar-refractivity contribution in [1.29, 1.82) is 0 Å². The second-order valence-electron chi connectivity index (χ2n) is 6.02. The third-order valence-electron chi connectivity index (χ3n) is 3.93. The van der Waals surface area contributed by atoms with Crippen LogP contribution in [0.2, 0.25) is 0 Å². The van der Waals surface area contributed by atoms with Gasteiger partial charge in [-0.1, -0.05) is 18.2 Å². The van der Waals surface area contributed by atoms with Gasteiger partial charge in [-0.2, -0.15) is 0 Å². The summed E-state index contributed by atoms with van der Waals surface area (Å²) in [6.07, 6.45) is -0.317. The number of sulfonamides is 1. The van der Waals surface area contributed by atoms with Crippen LogP contribution in [0.4, 0.5) is 0 Å². The molecule has 0 aliphatic carbocycles. The largest absolute Gasteiger partial charge is 0.486 e. The Bertz CT molecular complexity index is 911. The SMILES string of the molecule is CN(C)S(=O)(=O)c1cccc(C(=O)NC[C@@H]2COc3ccccc3O2)c1. The Morgan fingerprint density at radius 2 is 1.88 bits per heavy atom. The molecule has 8 heteroatoms. The van der Waals surface area contributed by atoms with E-state index in [1.807, 2.05) is 18.2 Å². The number of nitrogens with zero attached hydrogens (tertiary/aromatic N) is 1. The molecule has 1 N–H and O–H groups in total. The number of benzene rings is 2. The van der Waals surface area contributed by atoms with Crippen LogP contribution in [0.25, 0.3) is 0 Å². The van der Waals surface area contributed by atoms with Crippen LogP contribution in [0.15, 0.2) is 53.4 Å². The fourth-order valence-electron chi connectivity index (χ4n) is 2.48. The Kier molecular flexibility index (Phi) is 5.15. The summed E-state index contributed by atoms with van der Waals surface area (Å²) < 4.78 is 36.9. The highest BCUT2D eigenvalue weighted by molar-refractivity contribution is 7.89. The maximum Gasteiger partial charge on any atom is 0.251 e. The van der Waals surface area contributed by atoms with E-state index in [0.29, 0.717) is 18.1 Å². The number of para-hydroxylation sites is 2. The molecule has 0 saturated heterocycles. The Hall–Kier alpha value is -2.58. The minimum absolute atomic E-state index is 0.0707. The number of carbonyl (C=O) groups is 1. The molecule has 0 fully saturated rings. The summed E-state index contributed by atoms with van der Waals surface area (Å²) in [7, 11) is -0.704. The molecular formula is C18H20N2O5S. The molecule has 1 aliphatic heterocycles. The molecule has 1 amide bonds. The van der Waals surface area contributed by atoms with E-state index in [1.165, 1.54) is 26.2 Å². The molecule has 2 aromatic carbocycles.